The summed E-state index contributed by atoms with van der Waals surface area (Å²) in [6.45, 7) is 5.18. The van der Waals surface area contributed by atoms with Crippen LogP contribution in [0.4, 0.5) is 4.39 Å². The molecule has 1 aliphatic rings. The first-order valence-electron chi connectivity index (χ1n) is 6.05. The van der Waals surface area contributed by atoms with Gasteiger partial charge in [0, 0.05) is 19.4 Å². The molecule has 1 aromatic rings. The monoisotopic (exact) mass is 238 g/mol. The van der Waals surface area contributed by atoms with Gasteiger partial charge in [-0.25, -0.2) is 4.39 Å². The van der Waals surface area contributed by atoms with E-state index < -0.39 is 5.54 Å². The van der Waals surface area contributed by atoms with Gasteiger partial charge in [0.25, 0.3) is 0 Å². The molecular weight excluding hydrogens is 219 g/mol. The van der Waals surface area contributed by atoms with Crippen molar-refractivity contribution in [1.29, 1.82) is 0 Å². The SMILES string of the molecule is CC(C)c1cnc(C2(N)CCOCC2)c(F)c1. The molecule has 0 amide bonds. The van der Waals surface area contributed by atoms with Crippen LogP contribution in [0.15, 0.2) is 12.3 Å². The summed E-state index contributed by atoms with van der Waals surface area (Å²) in [6, 6.07) is 1.55. The molecule has 2 rings (SSSR count). The lowest BCUT2D eigenvalue weighted by Gasteiger charge is -2.33. The Morgan fingerprint density at radius 2 is 2.06 bits per heavy atom. The molecule has 0 unspecified atom stereocenters. The van der Waals surface area contributed by atoms with E-state index in [1.165, 1.54) is 0 Å². The van der Waals surface area contributed by atoms with Crippen LogP contribution in [0.3, 0.4) is 0 Å². The van der Waals surface area contributed by atoms with Crippen molar-refractivity contribution < 1.29 is 9.13 Å². The van der Waals surface area contributed by atoms with E-state index in [0.29, 0.717) is 31.7 Å². The largest absolute Gasteiger partial charge is 0.381 e. The Morgan fingerprint density at radius 3 is 2.59 bits per heavy atom. The van der Waals surface area contributed by atoms with Crippen LogP contribution in [-0.4, -0.2) is 18.2 Å². The second kappa shape index (κ2) is 4.70. The molecule has 1 fully saturated rings. The maximum absolute atomic E-state index is 14.1. The molecule has 4 heteroatoms. The van der Waals surface area contributed by atoms with E-state index in [1.807, 2.05) is 13.8 Å². The smallest absolute Gasteiger partial charge is 0.146 e. The molecule has 1 aliphatic heterocycles. The van der Waals surface area contributed by atoms with E-state index in [0.717, 1.165) is 5.56 Å². The van der Waals surface area contributed by atoms with Crippen LogP contribution in [0.2, 0.25) is 0 Å². The second-order valence-corrected chi connectivity index (χ2v) is 5.02. The summed E-state index contributed by atoms with van der Waals surface area (Å²) >= 11 is 0. The molecule has 2 heterocycles. The van der Waals surface area contributed by atoms with Crippen LogP contribution < -0.4 is 5.73 Å². The predicted molar refractivity (Wildman–Crippen MR) is 64.2 cm³/mol. The summed E-state index contributed by atoms with van der Waals surface area (Å²) in [6.07, 6.45) is 2.98. The topological polar surface area (TPSA) is 48.1 Å². The zero-order valence-electron chi connectivity index (χ0n) is 10.4. The van der Waals surface area contributed by atoms with Crippen molar-refractivity contribution in [1.82, 2.24) is 4.98 Å². The number of rotatable bonds is 2. The fourth-order valence-electron chi connectivity index (χ4n) is 2.11. The van der Waals surface area contributed by atoms with E-state index in [9.17, 15) is 4.39 Å². The molecule has 0 aliphatic carbocycles. The molecule has 2 N–H and O–H groups in total. The zero-order valence-corrected chi connectivity index (χ0v) is 10.4. The third-order valence-corrected chi connectivity index (χ3v) is 3.39. The molecule has 0 saturated carbocycles. The van der Waals surface area contributed by atoms with E-state index in [4.69, 9.17) is 10.5 Å². The van der Waals surface area contributed by atoms with Crippen LogP contribution in [0, 0.1) is 5.82 Å². The number of hydrogen-bond donors (Lipinski definition) is 1. The van der Waals surface area contributed by atoms with Gasteiger partial charge in [-0.1, -0.05) is 13.8 Å². The van der Waals surface area contributed by atoms with Gasteiger partial charge in [-0.15, -0.1) is 0 Å². The second-order valence-electron chi connectivity index (χ2n) is 5.02. The van der Waals surface area contributed by atoms with Gasteiger partial charge in [-0.3, -0.25) is 4.98 Å². The Kier molecular flexibility index (Phi) is 3.45. The molecule has 1 aromatic heterocycles. The maximum atomic E-state index is 14.1. The normalized spacial score (nSPS) is 19.6. The van der Waals surface area contributed by atoms with Crippen LogP contribution in [0.1, 0.15) is 43.9 Å². The molecule has 0 aromatic carbocycles. The van der Waals surface area contributed by atoms with Crippen LogP contribution in [-0.2, 0) is 10.3 Å². The zero-order chi connectivity index (χ0) is 12.5. The van der Waals surface area contributed by atoms with Gasteiger partial charge in [0.2, 0.25) is 0 Å². The van der Waals surface area contributed by atoms with Gasteiger partial charge < -0.3 is 10.5 Å². The molecule has 0 atom stereocenters. The Balaban J connectivity index is 2.32. The minimum Gasteiger partial charge on any atom is -0.381 e. The third kappa shape index (κ3) is 2.48. The number of hydrogen-bond acceptors (Lipinski definition) is 3. The number of nitrogens with zero attached hydrogens (tertiary/aromatic N) is 1. The summed E-state index contributed by atoms with van der Waals surface area (Å²) < 4.78 is 19.3. The number of aromatic nitrogens is 1. The van der Waals surface area contributed by atoms with E-state index in [2.05, 4.69) is 4.98 Å². The Labute approximate surface area is 101 Å². The molecular formula is C13H19FN2O. The van der Waals surface area contributed by atoms with Crippen molar-refractivity contribution in [3.63, 3.8) is 0 Å². The van der Waals surface area contributed by atoms with Gasteiger partial charge in [-0.05, 0) is 30.4 Å². The average Bonchev–Trinajstić information content (AvgIpc) is 2.29. The molecule has 3 nitrogen and oxygen atoms in total. The van der Waals surface area contributed by atoms with Gasteiger partial charge in [0.15, 0.2) is 0 Å². The summed E-state index contributed by atoms with van der Waals surface area (Å²) in [5, 5.41) is 0. The molecule has 1 saturated heterocycles. The number of ether oxygens (including phenoxy) is 1. The Hall–Kier alpha value is -1.00. The fourth-order valence-corrected chi connectivity index (χ4v) is 2.11. The highest BCUT2D eigenvalue weighted by molar-refractivity contribution is 5.24. The number of halogens is 1. The lowest BCUT2D eigenvalue weighted by Crippen LogP contribution is -2.43. The van der Waals surface area contributed by atoms with Gasteiger partial charge in [0.1, 0.15) is 5.82 Å². The Morgan fingerprint density at radius 1 is 1.41 bits per heavy atom. The van der Waals surface area contributed by atoms with Gasteiger partial charge in [0.05, 0.1) is 11.2 Å². The van der Waals surface area contributed by atoms with E-state index in [1.54, 1.807) is 12.3 Å². The van der Waals surface area contributed by atoms with E-state index >= 15 is 0 Å². The van der Waals surface area contributed by atoms with Crippen LogP contribution >= 0.6 is 0 Å². The Bertz CT molecular complexity index is 400. The highest BCUT2D eigenvalue weighted by atomic mass is 19.1. The quantitative estimate of drug-likeness (QED) is 0.860. The van der Waals surface area contributed by atoms with Crippen molar-refractivity contribution in [2.24, 2.45) is 5.73 Å². The lowest BCUT2D eigenvalue weighted by atomic mass is 9.86. The van der Waals surface area contributed by atoms with Crippen molar-refractivity contribution in [2.45, 2.75) is 38.1 Å². The highest BCUT2D eigenvalue weighted by Gasteiger charge is 2.34. The summed E-state index contributed by atoms with van der Waals surface area (Å²) in [5.74, 6) is -0.0185. The summed E-state index contributed by atoms with van der Waals surface area (Å²) in [7, 11) is 0. The van der Waals surface area contributed by atoms with Crippen molar-refractivity contribution in [2.75, 3.05) is 13.2 Å². The first-order valence-corrected chi connectivity index (χ1v) is 6.05. The number of pyridine rings is 1. The fraction of sp³-hybridized carbons (Fsp3) is 0.615. The standard InChI is InChI=1S/C13H19FN2O/c1-9(2)10-7-11(14)12(16-8-10)13(15)3-5-17-6-4-13/h7-9H,3-6,15H2,1-2H3. The third-order valence-electron chi connectivity index (χ3n) is 3.39. The minimum atomic E-state index is -0.669. The predicted octanol–water partition coefficient (Wildman–Crippen LogP) is 2.31. The van der Waals surface area contributed by atoms with Gasteiger partial charge in [-0.2, -0.15) is 0 Å². The lowest BCUT2D eigenvalue weighted by molar-refractivity contribution is 0.0494. The van der Waals surface area contributed by atoms with Crippen molar-refractivity contribution in [3.05, 3.63) is 29.3 Å². The van der Waals surface area contributed by atoms with Crippen LogP contribution in [0.5, 0.6) is 0 Å². The first kappa shape index (κ1) is 12.5. The maximum Gasteiger partial charge on any atom is 0.146 e. The molecule has 0 radical (unpaired) electrons. The molecule has 0 bridgehead atoms. The van der Waals surface area contributed by atoms with Crippen LogP contribution in [0.25, 0.3) is 0 Å². The first-order chi connectivity index (χ1) is 8.03. The van der Waals surface area contributed by atoms with Crippen molar-refractivity contribution in [3.8, 4) is 0 Å². The van der Waals surface area contributed by atoms with Gasteiger partial charge >= 0.3 is 0 Å². The highest BCUT2D eigenvalue weighted by Crippen LogP contribution is 2.30. The summed E-state index contributed by atoms with van der Waals surface area (Å²) in [5.41, 5.74) is 6.84. The minimum absolute atomic E-state index is 0.273. The molecule has 17 heavy (non-hydrogen) atoms. The van der Waals surface area contributed by atoms with E-state index in [-0.39, 0.29) is 11.7 Å². The molecule has 94 valence electrons. The molecule has 0 spiro atoms. The average molecular weight is 238 g/mol. The summed E-state index contributed by atoms with van der Waals surface area (Å²) in [4.78, 5) is 4.24. The van der Waals surface area contributed by atoms with Crippen molar-refractivity contribution >= 4 is 0 Å². The number of nitrogens with two attached hydrogens (primary N) is 1.